The Balaban J connectivity index is 1.29. The van der Waals surface area contributed by atoms with Crippen LogP contribution in [0.15, 0.2) is 113 Å². The molecule has 1 aliphatic rings. The highest BCUT2D eigenvalue weighted by Gasteiger charge is 2.32. The van der Waals surface area contributed by atoms with Gasteiger partial charge in [0, 0.05) is 36.4 Å². The first-order valence-corrected chi connectivity index (χ1v) is 15.3. The van der Waals surface area contributed by atoms with Gasteiger partial charge in [0.2, 0.25) is 10.0 Å². The molecule has 3 aromatic carbocycles. The SMILES string of the molecule is O=S(=O)(NCc1ccc([C@@H]2O[C@H](CSc3cccc[n+]3[O-])C[C@H](c3ccc(CO)cc3)O2)cc1)c1ccccc1. The van der Waals surface area contributed by atoms with E-state index in [1.54, 1.807) is 42.5 Å². The highest BCUT2D eigenvalue weighted by atomic mass is 32.2. The summed E-state index contributed by atoms with van der Waals surface area (Å²) in [6.45, 7) is 0.117. The number of pyridine rings is 1. The van der Waals surface area contributed by atoms with Gasteiger partial charge in [0.1, 0.15) is 0 Å². The third-order valence-corrected chi connectivity index (χ3v) is 9.16. The lowest BCUT2D eigenvalue weighted by atomic mass is 10.0. The average Bonchev–Trinajstić information content (AvgIpc) is 3.00. The molecule has 0 aliphatic carbocycles. The number of aliphatic hydroxyl groups excluding tert-OH is 1. The van der Waals surface area contributed by atoms with Gasteiger partial charge in [-0.05, 0) is 34.9 Å². The van der Waals surface area contributed by atoms with Crippen LogP contribution in [0.2, 0.25) is 0 Å². The molecule has 5 rings (SSSR count). The Morgan fingerprint density at radius 1 is 0.875 bits per heavy atom. The summed E-state index contributed by atoms with van der Waals surface area (Å²) in [5.74, 6) is 0.566. The summed E-state index contributed by atoms with van der Waals surface area (Å²) in [5.41, 5.74) is 3.40. The number of nitrogens with zero attached hydrogens (tertiary/aromatic N) is 1. The molecule has 40 heavy (non-hydrogen) atoms. The number of hydrogen-bond acceptors (Lipinski definition) is 7. The number of benzene rings is 3. The standard InChI is InChI=1S/C30H30N2O6S2/c33-20-23-11-13-24(14-12-23)28-18-26(21-39-29-8-4-5-17-32(29)34)37-30(38-28)25-15-9-22(10-16-25)19-31-40(35,36)27-6-2-1-3-7-27/h1-17,26,28,30-31,33H,18-21H2/t26-,28+,30+/m0/s1. The molecule has 0 radical (unpaired) electrons. The minimum absolute atomic E-state index is 0.0308. The second-order valence-electron chi connectivity index (χ2n) is 9.41. The second kappa shape index (κ2) is 12.9. The second-order valence-corrected chi connectivity index (χ2v) is 12.2. The maximum Gasteiger partial charge on any atom is 0.251 e. The van der Waals surface area contributed by atoms with Crippen molar-refractivity contribution in [2.45, 2.75) is 48.0 Å². The molecule has 8 nitrogen and oxygen atoms in total. The quantitative estimate of drug-likeness (QED) is 0.160. The van der Waals surface area contributed by atoms with Gasteiger partial charge in [-0.15, -0.1) is 0 Å². The molecule has 0 unspecified atom stereocenters. The van der Waals surface area contributed by atoms with E-state index in [2.05, 4.69) is 4.72 Å². The maximum atomic E-state index is 12.6. The van der Waals surface area contributed by atoms with Crippen molar-refractivity contribution in [2.24, 2.45) is 0 Å². The highest BCUT2D eigenvalue weighted by Crippen LogP contribution is 2.39. The number of sulfonamides is 1. The molecule has 0 amide bonds. The van der Waals surface area contributed by atoms with Crippen LogP contribution in [0.1, 0.15) is 41.1 Å². The molecule has 1 aliphatic heterocycles. The molecule has 2 N–H and O–H groups in total. The zero-order valence-corrected chi connectivity index (χ0v) is 23.3. The van der Waals surface area contributed by atoms with Crippen molar-refractivity contribution in [1.82, 2.24) is 4.72 Å². The molecule has 10 heteroatoms. The summed E-state index contributed by atoms with van der Waals surface area (Å²) in [4.78, 5) is 0.218. The topological polar surface area (TPSA) is 112 Å². The van der Waals surface area contributed by atoms with Crippen LogP contribution in [0.25, 0.3) is 0 Å². The van der Waals surface area contributed by atoms with Gasteiger partial charge in [0.25, 0.3) is 5.03 Å². The zero-order valence-electron chi connectivity index (χ0n) is 21.6. The number of thioether (sulfide) groups is 1. The van der Waals surface area contributed by atoms with Crippen molar-refractivity contribution in [1.29, 1.82) is 0 Å². The zero-order chi connectivity index (χ0) is 28.0. The van der Waals surface area contributed by atoms with Gasteiger partial charge < -0.3 is 19.8 Å². The Kier molecular flexibility index (Phi) is 9.15. The normalized spacial score (nSPS) is 19.4. The molecule has 0 spiro atoms. The summed E-state index contributed by atoms with van der Waals surface area (Å²) < 4.78 is 41.3. The van der Waals surface area contributed by atoms with E-state index in [-0.39, 0.29) is 30.3 Å². The van der Waals surface area contributed by atoms with Crippen molar-refractivity contribution < 1.29 is 27.7 Å². The lowest BCUT2D eigenvalue weighted by molar-refractivity contribution is -0.645. The number of ether oxygens (including phenoxy) is 2. The van der Waals surface area contributed by atoms with Crippen LogP contribution >= 0.6 is 11.8 Å². The molecule has 0 bridgehead atoms. The van der Waals surface area contributed by atoms with Crippen molar-refractivity contribution in [3.8, 4) is 0 Å². The Hall–Kier alpha value is -3.25. The van der Waals surface area contributed by atoms with E-state index in [0.29, 0.717) is 17.2 Å². The third kappa shape index (κ3) is 7.08. The largest absolute Gasteiger partial charge is 0.618 e. The van der Waals surface area contributed by atoms with Crippen LogP contribution in [0, 0.1) is 5.21 Å². The lowest BCUT2D eigenvalue weighted by Gasteiger charge is -2.36. The molecule has 4 aromatic rings. The fourth-order valence-corrected chi connectivity index (χ4v) is 6.35. The first-order chi connectivity index (χ1) is 19.4. The van der Waals surface area contributed by atoms with E-state index in [4.69, 9.17) is 9.47 Å². The lowest BCUT2D eigenvalue weighted by Crippen LogP contribution is -2.32. The fourth-order valence-electron chi connectivity index (χ4n) is 4.38. The number of aromatic nitrogens is 1. The van der Waals surface area contributed by atoms with Crippen molar-refractivity contribution >= 4 is 21.8 Å². The third-order valence-electron chi connectivity index (χ3n) is 6.59. The van der Waals surface area contributed by atoms with Crippen molar-refractivity contribution in [3.05, 3.63) is 131 Å². The average molecular weight is 579 g/mol. The Morgan fingerprint density at radius 3 is 2.25 bits per heavy atom. The molecule has 1 saturated heterocycles. The Morgan fingerprint density at radius 2 is 1.55 bits per heavy atom. The van der Waals surface area contributed by atoms with Crippen LogP contribution in [0.3, 0.4) is 0 Å². The van der Waals surface area contributed by atoms with E-state index < -0.39 is 16.3 Å². The van der Waals surface area contributed by atoms with Crippen molar-refractivity contribution in [3.63, 3.8) is 0 Å². The molecule has 2 heterocycles. The predicted octanol–water partition coefficient (Wildman–Crippen LogP) is 4.63. The molecule has 1 aromatic heterocycles. The highest BCUT2D eigenvalue weighted by molar-refractivity contribution is 7.99. The van der Waals surface area contributed by atoms with Crippen LogP contribution < -0.4 is 9.45 Å². The minimum Gasteiger partial charge on any atom is -0.618 e. The Bertz CT molecular complexity index is 1500. The first kappa shape index (κ1) is 28.3. The summed E-state index contributed by atoms with van der Waals surface area (Å²) >= 11 is 1.44. The van der Waals surface area contributed by atoms with E-state index in [0.717, 1.165) is 27.0 Å². The van der Waals surface area contributed by atoms with Gasteiger partial charge in [-0.2, -0.15) is 4.73 Å². The number of hydrogen-bond donors (Lipinski definition) is 2. The summed E-state index contributed by atoms with van der Waals surface area (Å²) in [7, 11) is -3.61. The van der Waals surface area contributed by atoms with E-state index in [9.17, 15) is 18.7 Å². The number of rotatable bonds is 10. The molecular weight excluding hydrogens is 548 g/mol. The monoisotopic (exact) mass is 578 g/mol. The van der Waals surface area contributed by atoms with Gasteiger partial charge >= 0.3 is 0 Å². The van der Waals surface area contributed by atoms with Crippen LogP contribution in [-0.2, 0) is 32.6 Å². The molecule has 208 valence electrons. The minimum atomic E-state index is -3.61. The van der Waals surface area contributed by atoms with Gasteiger partial charge in [-0.25, -0.2) is 13.1 Å². The summed E-state index contributed by atoms with van der Waals surface area (Å²) in [5, 5.41) is 22.1. The number of nitrogens with one attached hydrogen (secondary N) is 1. The van der Waals surface area contributed by atoms with Gasteiger partial charge in [0.05, 0.1) is 23.7 Å². The number of aliphatic hydroxyl groups is 1. The van der Waals surface area contributed by atoms with Gasteiger partial charge in [-0.1, -0.05) is 78.5 Å². The van der Waals surface area contributed by atoms with Gasteiger partial charge in [0.15, 0.2) is 12.5 Å². The smallest absolute Gasteiger partial charge is 0.251 e. The van der Waals surface area contributed by atoms with E-state index in [1.165, 1.54) is 18.0 Å². The Labute approximate surface area is 238 Å². The van der Waals surface area contributed by atoms with Crippen LogP contribution in [0.4, 0.5) is 0 Å². The van der Waals surface area contributed by atoms with Crippen molar-refractivity contribution in [2.75, 3.05) is 5.75 Å². The molecule has 1 fully saturated rings. The summed E-state index contributed by atoms with van der Waals surface area (Å²) in [6.07, 6.45) is 0.997. The van der Waals surface area contributed by atoms with Gasteiger partial charge in [-0.3, -0.25) is 0 Å². The predicted molar refractivity (Wildman–Crippen MR) is 151 cm³/mol. The van der Waals surface area contributed by atoms with Crippen LogP contribution in [-0.4, -0.2) is 25.4 Å². The molecule has 0 saturated carbocycles. The first-order valence-electron chi connectivity index (χ1n) is 12.9. The van der Waals surface area contributed by atoms with Crippen LogP contribution in [0.5, 0.6) is 0 Å². The summed E-state index contributed by atoms with van der Waals surface area (Å²) in [6, 6.07) is 28.7. The van der Waals surface area contributed by atoms with E-state index in [1.807, 2.05) is 54.6 Å². The maximum absolute atomic E-state index is 12.6. The van der Waals surface area contributed by atoms with E-state index >= 15 is 0 Å². The molecule has 3 atom stereocenters. The molecular formula is C30H30N2O6S2. The fraction of sp³-hybridized carbons (Fsp3) is 0.233.